The van der Waals surface area contributed by atoms with Gasteiger partial charge in [-0.05, 0) is 43.5 Å². The van der Waals surface area contributed by atoms with E-state index in [0.29, 0.717) is 16.3 Å². The summed E-state index contributed by atoms with van der Waals surface area (Å²) in [5.41, 5.74) is 2.14. The van der Waals surface area contributed by atoms with Crippen molar-refractivity contribution in [2.75, 3.05) is 18.4 Å². The van der Waals surface area contributed by atoms with Gasteiger partial charge in [-0.2, -0.15) is 0 Å². The van der Waals surface area contributed by atoms with Gasteiger partial charge >= 0.3 is 0 Å². The van der Waals surface area contributed by atoms with Crippen molar-refractivity contribution >= 4 is 29.1 Å². The van der Waals surface area contributed by atoms with Gasteiger partial charge in [0.15, 0.2) is 0 Å². The Balaban J connectivity index is 1.87. The van der Waals surface area contributed by atoms with Crippen molar-refractivity contribution in [3.8, 4) is 0 Å². The summed E-state index contributed by atoms with van der Waals surface area (Å²) < 4.78 is 0. The van der Waals surface area contributed by atoms with Crippen molar-refractivity contribution in [2.45, 2.75) is 19.8 Å². The second kappa shape index (κ2) is 7.01. The number of anilines is 1. The molecule has 5 nitrogen and oxygen atoms in total. The second-order valence-corrected chi connectivity index (χ2v) is 6.25. The van der Waals surface area contributed by atoms with E-state index < -0.39 is 0 Å². The number of likely N-dealkylation sites (tertiary alicyclic amines) is 1. The number of hydrogen-bond acceptors (Lipinski definition) is 3. The van der Waals surface area contributed by atoms with Crippen LogP contribution in [0.15, 0.2) is 36.5 Å². The topological polar surface area (TPSA) is 62.3 Å². The highest BCUT2D eigenvalue weighted by molar-refractivity contribution is 6.30. The van der Waals surface area contributed by atoms with E-state index in [0.717, 1.165) is 31.5 Å². The van der Waals surface area contributed by atoms with Crippen LogP contribution in [0.5, 0.6) is 0 Å². The number of rotatable bonds is 3. The van der Waals surface area contributed by atoms with E-state index in [1.165, 1.54) is 6.20 Å². The molecule has 0 aliphatic carbocycles. The molecule has 3 rings (SSSR count). The highest BCUT2D eigenvalue weighted by atomic mass is 35.5. The number of carbonyl (C=O) groups excluding carboxylic acids is 2. The van der Waals surface area contributed by atoms with Crippen LogP contribution in [0.4, 0.5) is 5.69 Å². The molecule has 124 valence electrons. The molecule has 0 atom stereocenters. The van der Waals surface area contributed by atoms with E-state index in [4.69, 9.17) is 11.6 Å². The molecule has 1 aromatic heterocycles. The monoisotopic (exact) mass is 343 g/mol. The predicted molar refractivity (Wildman–Crippen MR) is 93.5 cm³/mol. The summed E-state index contributed by atoms with van der Waals surface area (Å²) in [6.45, 7) is 3.40. The number of benzene rings is 1. The average Bonchev–Trinajstić information content (AvgIpc) is 3.09. The minimum atomic E-state index is -0.368. The molecular formula is C18H18ClN3O2. The van der Waals surface area contributed by atoms with Gasteiger partial charge in [0.1, 0.15) is 5.69 Å². The number of carbonyl (C=O) groups is 2. The summed E-state index contributed by atoms with van der Waals surface area (Å²) in [5.74, 6) is -0.405. The molecule has 0 bridgehead atoms. The first-order valence-corrected chi connectivity index (χ1v) is 8.26. The van der Waals surface area contributed by atoms with Crippen molar-refractivity contribution in [1.29, 1.82) is 0 Å². The zero-order valence-corrected chi connectivity index (χ0v) is 14.1. The summed E-state index contributed by atoms with van der Waals surface area (Å²) in [4.78, 5) is 31.0. The fraction of sp³-hybridized carbons (Fsp3) is 0.278. The first-order valence-electron chi connectivity index (χ1n) is 7.88. The Morgan fingerprint density at radius 3 is 2.58 bits per heavy atom. The average molecular weight is 344 g/mol. The van der Waals surface area contributed by atoms with E-state index in [-0.39, 0.29) is 17.5 Å². The molecule has 0 saturated carbocycles. The van der Waals surface area contributed by atoms with Gasteiger partial charge in [0.25, 0.3) is 11.8 Å². The van der Waals surface area contributed by atoms with Gasteiger partial charge in [-0.15, -0.1) is 0 Å². The fourth-order valence-electron chi connectivity index (χ4n) is 2.83. The lowest BCUT2D eigenvalue weighted by Gasteiger charge is -2.19. The molecule has 1 aliphatic heterocycles. The van der Waals surface area contributed by atoms with Gasteiger partial charge in [-0.1, -0.05) is 23.7 Å². The molecule has 1 aromatic carbocycles. The summed E-state index contributed by atoms with van der Waals surface area (Å²) in [5, 5.41) is 3.26. The van der Waals surface area contributed by atoms with Crippen LogP contribution in [-0.4, -0.2) is 34.8 Å². The number of aryl methyl sites for hydroxylation is 1. The first-order chi connectivity index (χ1) is 11.6. The highest BCUT2D eigenvalue weighted by Gasteiger charge is 2.24. The fourth-order valence-corrected chi connectivity index (χ4v) is 2.94. The molecule has 2 heterocycles. The number of pyridine rings is 1. The van der Waals surface area contributed by atoms with Crippen LogP contribution < -0.4 is 5.32 Å². The molecule has 1 N–H and O–H groups in total. The highest BCUT2D eigenvalue weighted by Crippen LogP contribution is 2.24. The number of aromatic nitrogens is 1. The molecule has 2 aromatic rings. The maximum absolute atomic E-state index is 12.8. The van der Waals surface area contributed by atoms with Crippen LogP contribution in [0.2, 0.25) is 5.02 Å². The second-order valence-electron chi connectivity index (χ2n) is 5.81. The molecule has 1 saturated heterocycles. The Hall–Kier alpha value is -2.40. The third-order valence-corrected chi connectivity index (χ3v) is 4.31. The van der Waals surface area contributed by atoms with Crippen LogP contribution in [0.25, 0.3) is 0 Å². The van der Waals surface area contributed by atoms with E-state index >= 15 is 0 Å². The van der Waals surface area contributed by atoms with E-state index in [1.807, 2.05) is 24.0 Å². The number of amides is 2. The van der Waals surface area contributed by atoms with Gasteiger partial charge in [-0.3, -0.25) is 9.59 Å². The Morgan fingerprint density at radius 1 is 1.17 bits per heavy atom. The lowest BCUT2D eigenvalue weighted by atomic mass is 10.0. The van der Waals surface area contributed by atoms with E-state index in [9.17, 15) is 9.59 Å². The molecule has 0 unspecified atom stereocenters. The Kier molecular flexibility index (Phi) is 4.81. The van der Waals surface area contributed by atoms with Gasteiger partial charge in [0, 0.05) is 19.3 Å². The maximum atomic E-state index is 12.8. The van der Waals surface area contributed by atoms with Gasteiger partial charge in [-0.25, -0.2) is 4.98 Å². The third kappa shape index (κ3) is 3.41. The Labute approximate surface area is 145 Å². The molecule has 2 amide bonds. The largest absolute Gasteiger partial charge is 0.339 e. The first kappa shape index (κ1) is 16.5. The van der Waals surface area contributed by atoms with Crippen LogP contribution in [-0.2, 0) is 0 Å². The number of nitrogens with one attached hydrogen (secondary N) is 1. The molecular weight excluding hydrogens is 326 g/mol. The quantitative estimate of drug-likeness (QED) is 0.927. The zero-order chi connectivity index (χ0) is 17.1. The smallest absolute Gasteiger partial charge is 0.274 e. The molecule has 0 radical (unpaired) electrons. The molecule has 0 spiro atoms. The minimum absolute atomic E-state index is 0.0371. The van der Waals surface area contributed by atoms with Crippen LogP contribution in [0.1, 0.15) is 39.3 Å². The zero-order valence-electron chi connectivity index (χ0n) is 13.4. The van der Waals surface area contributed by atoms with Gasteiger partial charge < -0.3 is 10.2 Å². The normalized spacial score (nSPS) is 13.8. The minimum Gasteiger partial charge on any atom is -0.339 e. The van der Waals surface area contributed by atoms with Crippen LogP contribution in [0.3, 0.4) is 0 Å². The van der Waals surface area contributed by atoms with Crippen molar-refractivity contribution in [3.63, 3.8) is 0 Å². The maximum Gasteiger partial charge on any atom is 0.274 e. The summed E-state index contributed by atoms with van der Waals surface area (Å²) in [6.07, 6.45) is 3.46. The van der Waals surface area contributed by atoms with Crippen molar-refractivity contribution in [3.05, 3.63) is 58.4 Å². The molecule has 6 heteroatoms. The van der Waals surface area contributed by atoms with Crippen molar-refractivity contribution < 1.29 is 9.59 Å². The lowest BCUT2D eigenvalue weighted by molar-refractivity contribution is 0.0793. The number of hydrogen-bond donors (Lipinski definition) is 1. The molecule has 1 fully saturated rings. The summed E-state index contributed by atoms with van der Waals surface area (Å²) in [6, 6.07) is 8.59. The van der Waals surface area contributed by atoms with Crippen LogP contribution >= 0.6 is 11.6 Å². The predicted octanol–water partition coefficient (Wildman–Crippen LogP) is 3.53. The standard InChI is InChI=1S/C18H18ClN3O2/c1-12-5-4-6-14(16(12)18(24)22-9-2-3-10-22)21-17(23)15-8-7-13(19)11-20-15/h4-8,11H,2-3,9-10H2,1H3,(H,21,23). The SMILES string of the molecule is Cc1cccc(NC(=O)c2ccc(Cl)cn2)c1C(=O)N1CCCC1. The van der Waals surface area contributed by atoms with Crippen molar-refractivity contribution in [1.82, 2.24) is 9.88 Å². The van der Waals surface area contributed by atoms with E-state index in [1.54, 1.807) is 18.2 Å². The summed E-state index contributed by atoms with van der Waals surface area (Å²) >= 11 is 5.79. The summed E-state index contributed by atoms with van der Waals surface area (Å²) in [7, 11) is 0. The van der Waals surface area contributed by atoms with E-state index in [2.05, 4.69) is 10.3 Å². The van der Waals surface area contributed by atoms with Crippen molar-refractivity contribution in [2.24, 2.45) is 0 Å². The molecule has 1 aliphatic rings. The van der Waals surface area contributed by atoms with Gasteiger partial charge in [0.05, 0.1) is 16.3 Å². The number of halogens is 1. The van der Waals surface area contributed by atoms with Crippen LogP contribution in [0, 0.1) is 6.92 Å². The Morgan fingerprint density at radius 2 is 1.92 bits per heavy atom. The third-order valence-electron chi connectivity index (χ3n) is 4.09. The van der Waals surface area contributed by atoms with Gasteiger partial charge in [0.2, 0.25) is 0 Å². The Bertz CT molecular complexity index is 768. The lowest BCUT2D eigenvalue weighted by Crippen LogP contribution is -2.29. The molecule has 24 heavy (non-hydrogen) atoms. The number of nitrogens with zero attached hydrogens (tertiary/aromatic N) is 2.